The van der Waals surface area contributed by atoms with E-state index in [2.05, 4.69) is 20.4 Å². The van der Waals surface area contributed by atoms with Gasteiger partial charge >= 0.3 is 5.69 Å². The number of H-pyrrole nitrogens is 1. The van der Waals surface area contributed by atoms with Crippen molar-refractivity contribution in [2.75, 3.05) is 5.32 Å². The maximum Gasteiger partial charge on any atom is 0.329 e. The second-order valence-corrected chi connectivity index (χ2v) is 7.48. The van der Waals surface area contributed by atoms with Crippen molar-refractivity contribution < 1.29 is 4.79 Å². The third-order valence-electron chi connectivity index (χ3n) is 5.00. The monoisotopic (exact) mass is 398 g/mol. The van der Waals surface area contributed by atoms with E-state index < -0.39 is 17.2 Å². The minimum Gasteiger partial charge on any atom is -0.319 e. The van der Waals surface area contributed by atoms with Gasteiger partial charge in [-0.2, -0.15) is 5.10 Å². The number of aryl methyl sites for hydroxylation is 3. The van der Waals surface area contributed by atoms with E-state index >= 15 is 0 Å². The third kappa shape index (κ3) is 3.59. The van der Waals surface area contributed by atoms with E-state index in [1.54, 1.807) is 24.7 Å². The second-order valence-electron chi connectivity index (χ2n) is 7.48. The van der Waals surface area contributed by atoms with Gasteiger partial charge in [0.05, 0.1) is 28.0 Å². The normalized spacial score (nSPS) is 11.4. The first kappa shape index (κ1) is 20.5. The quantitative estimate of drug-likeness (QED) is 0.684. The molecular formula is C20H26N6O3. The van der Waals surface area contributed by atoms with Crippen molar-refractivity contribution in [2.24, 2.45) is 7.05 Å². The number of nitrogens with zero attached hydrogens (tertiary/aromatic N) is 4. The van der Waals surface area contributed by atoms with Crippen molar-refractivity contribution in [3.8, 4) is 0 Å². The van der Waals surface area contributed by atoms with Gasteiger partial charge in [-0.05, 0) is 32.3 Å². The first-order valence-electron chi connectivity index (χ1n) is 9.65. The molecule has 0 saturated heterocycles. The summed E-state index contributed by atoms with van der Waals surface area (Å²) < 4.78 is 3.10. The van der Waals surface area contributed by atoms with Crippen LogP contribution in [0.1, 0.15) is 60.5 Å². The van der Waals surface area contributed by atoms with Gasteiger partial charge in [-0.15, -0.1) is 0 Å². The lowest BCUT2D eigenvalue weighted by Gasteiger charge is -2.14. The molecule has 3 aromatic rings. The van der Waals surface area contributed by atoms with E-state index in [1.165, 1.54) is 4.57 Å². The molecular weight excluding hydrogens is 372 g/mol. The molecule has 0 atom stereocenters. The first-order valence-corrected chi connectivity index (χ1v) is 9.65. The highest BCUT2D eigenvalue weighted by Gasteiger charge is 2.22. The van der Waals surface area contributed by atoms with Gasteiger partial charge in [-0.3, -0.25) is 23.8 Å². The minimum atomic E-state index is -0.620. The number of rotatable bonds is 5. The van der Waals surface area contributed by atoms with Crippen molar-refractivity contribution >= 4 is 22.6 Å². The molecule has 0 radical (unpaired) electrons. The number of hydrogen-bond donors (Lipinski definition) is 2. The van der Waals surface area contributed by atoms with Crippen LogP contribution in [-0.4, -0.2) is 30.2 Å². The van der Waals surface area contributed by atoms with Crippen molar-refractivity contribution in [3.05, 3.63) is 49.5 Å². The highest BCUT2D eigenvalue weighted by molar-refractivity contribution is 6.12. The van der Waals surface area contributed by atoms with Gasteiger partial charge < -0.3 is 5.32 Å². The fraction of sp³-hybridized carbons (Fsp3) is 0.450. The fourth-order valence-electron chi connectivity index (χ4n) is 3.33. The average Bonchev–Trinajstić information content (AvgIpc) is 2.89. The number of amides is 1. The molecule has 0 aliphatic heterocycles. The molecule has 0 aromatic carbocycles. The Bertz CT molecular complexity index is 1220. The molecule has 3 rings (SSSR count). The topological polar surface area (TPSA) is 115 Å². The zero-order valence-electron chi connectivity index (χ0n) is 17.6. The van der Waals surface area contributed by atoms with Crippen LogP contribution in [0.15, 0.2) is 15.7 Å². The third-order valence-corrected chi connectivity index (χ3v) is 5.00. The SMILES string of the molecule is CCCn1c(=O)[nH]c(=O)c2c(C(=O)Nc3c(C)nn(C)c3C)cc(C(C)C)nc21. The Hall–Kier alpha value is -3.23. The Morgan fingerprint density at radius 3 is 2.52 bits per heavy atom. The van der Waals surface area contributed by atoms with Crippen LogP contribution < -0.4 is 16.6 Å². The highest BCUT2D eigenvalue weighted by atomic mass is 16.2. The standard InChI is InChI=1S/C20H26N6O3/c1-7-8-26-17-15(19(28)23-20(26)29)13(9-14(21-17)10(2)3)18(27)22-16-11(4)24-25(6)12(16)5/h9-10H,7-8H2,1-6H3,(H,22,27)(H,23,28,29). The van der Waals surface area contributed by atoms with Gasteiger partial charge in [0.25, 0.3) is 11.5 Å². The van der Waals surface area contributed by atoms with E-state index in [0.717, 1.165) is 5.69 Å². The summed E-state index contributed by atoms with van der Waals surface area (Å²) in [7, 11) is 1.80. The Kier molecular flexibility index (Phi) is 5.41. The summed E-state index contributed by atoms with van der Waals surface area (Å²) in [4.78, 5) is 45.1. The van der Waals surface area contributed by atoms with Gasteiger partial charge in [0.15, 0.2) is 5.65 Å². The van der Waals surface area contributed by atoms with E-state index in [4.69, 9.17) is 0 Å². The summed E-state index contributed by atoms with van der Waals surface area (Å²) in [5, 5.41) is 7.30. The maximum atomic E-state index is 13.2. The van der Waals surface area contributed by atoms with E-state index in [1.807, 2.05) is 27.7 Å². The van der Waals surface area contributed by atoms with Gasteiger partial charge in [0.1, 0.15) is 0 Å². The molecule has 2 N–H and O–H groups in total. The number of aromatic nitrogens is 5. The average molecular weight is 398 g/mol. The Morgan fingerprint density at radius 2 is 1.97 bits per heavy atom. The summed E-state index contributed by atoms with van der Waals surface area (Å²) in [5.41, 5.74) is 1.99. The zero-order valence-corrected chi connectivity index (χ0v) is 17.6. The Morgan fingerprint density at radius 1 is 1.28 bits per heavy atom. The molecule has 0 saturated carbocycles. The molecule has 0 unspecified atom stereocenters. The lowest BCUT2D eigenvalue weighted by molar-refractivity contribution is 0.102. The number of carbonyl (C=O) groups is 1. The molecule has 9 heteroatoms. The number of aromatic amines is 1. The van der Waals surface area contributed by atoms with Crippen molar-refractivity contribution in [1.29, 1.82) is 0 Å². The molecule has 3 heterocycles. The van der Waals surface area contributed by atoms with E-state index in [0.29, 0.717) is 30.0 Å². The minimum absolute atomic E-state index is 0.0114. The number of anilines is 1. The van der Waals surface area contributed by atoms with Gasteiger partial charge in [-0.25, -0.2) is 9.78 Å². The molecule has 3 aromatic heterocycles. The van der Waals surface area contributed by atoms with Gasteiger partial charge in [-0.1, -0.05) is 20.8 Å². The predicted molar refractivity (Wildman–Crippen MR) is 112 cm³/mol. The number of carbonyl (C=O) groups excluding carboxylic acids is 1. The van der Waals surface area contributed by atoms with Crippen LogP contribution in [0.25, 0.3) is 11.0 Å². The van der Waals surface area contributed by atoms with Crippen LogP contribution in [0, 0.1) is 13.8 Å². The smallest absolute Gasteiger partial charge is 0.319 e. The van der Waals surface area contributed by atoms with Crippen LogP contribution in [0.3, 0.4) is 0 Å². The molecule has 9 nitrogen and oxygen atoms in total. The molecule has 0 aliphatic rings. The molecule has 1 amide bonds. The Balaban J connectivity index is 2.28. The van der Waals surface area contributed by atoms with Crippen LogP contribution >= 0.6 is 0 Å². The van der Waals surface area contributed by atoms with Gasteiger partial charge in [0.2, 0.25) is 0 Å². The molecule has 154 valence electrons. The van der Waals surface area contributed by atoms with E-state index in [9.17, 15) is 14.4 Å². The number of pyridine rings is 1. The number of hydrogen-bond acceptors (Lipinski definition) is 5. The highest BCUT2D eigenvalue weighted by Crippen LogP contribution is 2.23. The summed E-state index contributed by atoms with van der Waals surface area (Å²) in [5.74, 6) is -0.428. The van der Waals surface area contributed by atoms with Gasteiger partial charge in [0, 0.05) is 19.3 Å². The molecule has 0 bridgehead atoms. The Labute approximate surface area is 167 Å². The molecule has 0 spiro atoms. The predicted octanol–water partition coefficient (Wildman–Crippen LogP) is 2.22. The van der Waals surface area contributed by atoms with Crippen molar-refractivity contribution in [1.82, 2.24) is 24.3 Å². The number of fused-ring (bicyclic) bond motifs is 1. The largest absolute Gasteiger partial charge is 0.329 e. The zero-order chi connectivity index (χ0) is 21.5. The van der Waals surface area contributed by atoms with Crippen molar-refractivity contribution in [2.45, 2.75) is 53.5 Å². The van der Waals surface area contributed by atoms with Crippen LogP contribution in [0.4, 0.5) is 5.69 Å². The maximum absolute atomic E-state index is 13.2. The lowest BCUT2D eigenvalue weighted by atomic mass is 10.0. The van der Waals surface area contributed by atoms with Crippen molar-refractivity contribution in [3.63, 3.8) is 0 Å². The fourth-order valence-corrected chi connectivity index (χ4v) is 3.33. The van der Waals surface area contributed by atoms with E-state index in [-0.39, 0.29) is 22.5 Å². The second kappa shape index (κ2) is 7.65. The summed E-state index contributed by atoms with van der Waals surface area (Å²) >= 11 is 0. The molecule has 0 aliphatic carbocycles. The lowest BCUT2D eigenvalue weighted by Crippen LogP contribution is -2.32. The summed E-state index contributed by atoms with van der Waals surface area (Å²) in [6.07, 6.45) is 0.685. The summed E-state index contributed by atoms with van der Waals surface area (Å²) in [6, 6.07) is 1.62. The summed E-state index contributed by atoms with van der Waals surface area (Å²) in [6.45, 7) is 9.87. The molecule has 29 heavy (non-hydrogen) atoms. The van der Waals surface area contributed by atoms with Crippen LogP contribution in [-0.2, 0) is 13.6 Å². The first-order chi connectivity index (χ1) is 13.6. The van der Waals surface area contributed by atoms with Crippen LogP contribution in [0.5, 0.6) is 0 Å². The number of nitrogens with one attached hydrogen (secondary N) is 2. The molecule has 0 fully saturated rings. The van der Waals surface area contributed by atoms with Crippen LogP contribution in [0.2, 0.25) is 0 Å².